The van der Waals surface area contributed by atoms with Crippen molar-refractivity contribution >= 4 is 17.7 Å². The number of aliphatic carboxylic acids is 1. The van der Waals surface area contributed by atoms with E-state index in [4.69, 9.17) is 5.11 Å². The topological polar surface area (TPSA) is 37.3 Å². The first-order valence-corrected chi connectivity index (χ1v) is 4.77. The Morgan fingerprint density at radius 1 is 1.38 bits per heavy atom. The van der Waals surface area contributed by atoms with E-state index in [-0.39, 0.29) is 5.57 Å². The quantitative estimate of drug-likeness (QED) is 0.590. The Morgan fingerprint density at radius 2 is 2.00 bits per heavy atom. The molecule has 0 aliphatic carbocycles. The molecule has 0 aliphatic heterocycles. The third kappa shape index (κ3) is 3.34. The van der Waals surface area contributed by atoms with Crippen LogP contribution in [0.1, 0.15) is 0 Å². The summed E-state index contributed by atoms with van der Waals surface area (Å²) in [5, 5.41) is 8.55. The highest BCUT2D eigenvalue weighted by Gasteiger charge is 2.03. The van der Waals surface area contributed by atoms with Gasteiger partial charge in [-0.1, -0.05) is 24.8 Å². The molecule has 68 valence electrons. The minimum absolute atomic E-state index is 0.230. The van der Waals surface area contributed by atoms with Gasteiger partial charge in [0.15, 0.2) is 0 Å². The molecule has 1 aromatic rings. The second-order valence-electron chi connectivity index (χ2n) is 2.51. The molecule has 0 saturated heterocycles. The molecule has 0 bridgehead atoms. The largest absolute Gasteiger partial charge is 0.478 e. The first-order chi connectivity index (χ1) is 6.20. The molecule has 13 heavy (non-hydrogen) atoms. The maximum absolute atomic E-state index is 10.4. The van der Waals surface area contributed by atoms with Crippen LogP contribution in [0.5, 0.6) is 0 Å². The second kappa shape index (κ2) is 4.72. The maximum Gasteiger partial charge on any atom is 0.331 e. The van der Waals surface area contributed by atoms with Crippen LogP contribution in [0.2, 0.25) is 0 Å². The van der Waals surface area contributed by atoms with Gasteiger partial charge in [-0.15, -0.1) is 11.8 Å². The van der Waals surface area contributed by atoms with Crippen molar-refractivity contribution in [3.63, 3.8) is 0 Å². The fourth-order valence-corrected chi connectivity index (χ4v) is 1.56. The van der Waals surface area contributed by atoms with Crippen molar-refractivity contribution in [3.8, 4) is 0 Å². The van der Waals surface area contributed by atoms with Crippen molar-refractivity contribution in [2.45, 2.75) is 4.90 Å². The van der Waals surface area contributed by atoms with Crippen molar-refractivity contribution in [2.24, 2.45) is 0 Å². The number of carbonyl (C=O) groups is 1. The van der Waals surface area contributed by atoms with E-state index in [1.54, 1.807) is 0 Å². The normalized spacial score (nSPS) is 9.54. The van der Waals surface area contributed by atoms with Crippen molar-refractivity contribution < 1.29 is 9.90 Å². The van der Waals surface area contributed by atoms with Gasteiger partial charge in [0.25, 0.3) is 0 Å². The molecule has 0 unspecified atom stereocenters. The Hall–Kier alpha value is -1.22. The molecular formula is C10H10O2S. The van der Waals surface area contributed by atoms with Gasteiger partial charge in [0, 0.05) is 16.2 Å². The van der Waals surface area contributed by atoms with Crippen molar-refractivity contribution in [2.75, 3.05) is 5.75 Å². The highest BCUT2D eigenvalue weighted by atomic mass is 32.2. The molecule has 0 spiro atoms. The number of carboxylic acid groups (broad SMARTS) is 1. The molecule has 0 saturated carbocycles. The molecule has 0 aromatic heterocycles. The van der Waals surface area contributed by atoms with Crippen LogP contribution in [0.3, 0.4) is 0 Å². The lowest BCUT2D eigenvalue weighted by molar-refractivity contribution is -0.132. The predicted octanol–water partition coefficient (Wildman–Crippen LogP) is 2.42. The SMILES string of the molecule is C=C(CSc1ccccc1)C(=O)O. The van der Waals surface area contributed by atoms with Crippen molar-refractivity contribution in [1.29, 1.82) is 0 Å². The minimum Gasteiger partial charge on any atom is -0.478 e. The number of hydrogen-bond donors (Lipinski definition) is 1. The highest BCUT2D eigenvalue weighted by molar-refractivity contribution is 7.99. The van der Waals surface area contributed by atoms with Gasteiger partial charge in [-0.2, -0.15) is 0 Å². The summed E-state index contributed by atoms with van der Waals surface area (Å²) in [6, 6.07) is 9.66. The van der Waals surface area contributed by atoms with E-state index in [9.17, 15) is 4.79 Å². The molecule has 0 radical (unpaired) electrons. The predicted molar refractivity (Wildman–Crippen MR) is 53.9 cm³/mol. The molecule has 0 heterocycles. The van der Waals surface area contributed by atoms with Gasteiger partial charge in [0.1, 0.15) is 0 Å². The molecule has 0 amide bonds. The van der Waals surface area contributed by atoms with Gasteiger partial charge in [0.05, 0.1) is 0 Å². The van der Waals surface area contributed by atoms with Crippen LogP contribution in [-0.2, 0) is 4.79 Å². The Labute approximate surface area is 81.3 Å². The lowest BCUT2D eigenvalue weighted by Gasteiger charge is -1.99. The van der Waals surface area contributed by atoms with E-state index in [1.807, 2.05) is 30.3 Å². The Bertz CT molecular complexity index is 306. The molecule has 0 atom stereocenters. The van der Waals surface area contributed by atoms with Gasteiger partial charge in [0.2, 0.25) is 0 Å². The highest BCUT2D eigenvalue weighted by Crippen LogP contribution is 2.18. The van der Waals surface area contributed by atoms with Crippen LogP contribution in [0.15, 0.2) is 47.4 Å². The number of rotatable bonds is 4. The Morgan fingerprint density at radius 3 is 2.54 bits per heavy atom. The first kappa shape index (κ1) is 9.86. The Balaban J connectivity index is 2.44. The van der Waals surface area contributed by atoms with Crippen LogP contribution >= 0.6 is 11.8 Å². The van der Waals surface area contributed by atoms with E-state index in [2.05, 4.69) is 6.58 Å². The lowest BCUT2D eigenvalue weighted by atomic mass is 10.4. The number of thioether (sulfide) groups is 1. The monoisotopic (exact) mass is 194 g/mol. The summed E-state index contributed by atoms with van der Waals surface area (Å²) in [6.07, 6.45) is 0. The van der Waals surface area contributed by atoms with Crippen LogP contribution < -0.4 is 0 Å². The van der Waals surface area contributed by atoms with Crippen molar-refractivity contribution in [1.82, 2.24) is 0 Å². The van der Waals surface area contributed by atoms with Crippen LogP contribution in [0.4, 0.5) is 0 Å². The summed E-state index contributed by atoms with van der Waals surface area (Å²) in [5.74, 6) is -0.497. The molecule has 0 aliphatic rings. The minimum atomic E-state index is -0.927. The molecule has 1 rings (SSSR count). The van der Waals surface area contributed by atoms with Crippen molar-refractivity contribution in [3.05, 3.63) is 42.5 Å². The third-order valence-corrected chi connectivity index (χ3v) is 2.56. The van der Waals surface area contributed by atoms with Crippen LogP contribution in [0.25, 0.3) is 0 Å². The number of benzene rings is 1. The van der Waals surface area contributed by atoms with Gasteiger partial charge in [-0.25, -0.2) is 4.79 Å². The van der Waals surface area contributed by atoms with E-state index >= 15 is 0 Å². The van der Waals surface area contributed by atoms with Gasteiger partial charge in [-0.05, 0) is 12.1 Å². The summed E-state index contributed by atoms with van der Waals surface area (Å²) in [7, 11) is 0. The Kier molecular flexibility index (Phi) is 3.58. The molecule has 1 aromatic carbocycles. The van der Waals surface area contributed by atoms with Gasteiger partial charge in [-0.3, -0.25) is 0 Å². The smallest absolute Gasteiger partial charge is 0.331 e. The molecule has 3 heteroatoms. The summed E-state index contributed by atoms with van der Waals surface area (Å²) in [4.78, 5) is 11.5. The van der Waals surface area contributed by atoms with E-state index in [0.29, 0.717) is 5.75 Å². The van der Waals surface area contributed by atoms with Crippen LogP contribution in [0, 0.1) is 0 Å². The standard InChI is InChI=1S/C10H10O2S/c1-8(10(11)12)7-13-9-5-3-2-4-6-9/h2-6H,1,7H2,(H,11,12). The average molecular weight is 194 g/mol. The van der Waals surface area contributed by atoms with Gasteiger partial charge < -0.3 is 5.11 Å². The first-order valence-electron chi connectivity index (χ1n) is 3.79. The molecule has 0 fully saturated rings. The third-order valence-electron chi connectivity index (χ3n) is 1.46. The maximum atomic E-state index is 10.4. The van der Waals surface area contributed by atoms with E-state index in [0.717, 1.165) is 4.90 Å². The fraction of sp³-hybridized carbons (Fsp3) is 0.100. The number of hydrogen-bond acceptors (Lipinski definition) is 2. The number of carboxylic acids is 1. The molecule has 2 nitrogen and oxygen atoms in total. The zero-order valence-electron chi connectivity index (χ0n) is 7.06. The summed E-state index contributed by atoms with van der Waals surface area (Å²) in [5.41, 5.74) is 0.230. The van der Waals surface area contributed by atoms with Crippen LogP contribution in [-0.4, -0.2) is 16.8 Å². The van der Waals surface area contributed by atoms with E-state index in [1.165, 1.54) is 11.8 Å². The van der Waals surface area contributed by atoms with E-state index < -0.39 is 5.97 Å². The summed E-state index contributed by atoms with van der Waals surface area (Å²) in [6.45, 7) is 3.45. The zero-order valence-corrected chi connectivity index (χ0v) is 7.88. The summed E-state index contributed by atoms with van der Waals surface area (Å²) < 4.78 is 0. The molecular weight excluding hydrogens is 184 g/mol. The van der Waals surface area contributed by atoms with Gasteiger partial charge >= 0.3 is 5.97 Å². The lowest BCUT2D eigenvalue weighted by Crippen LogP contribution is -2.00. The summed E-state index contributed by atoms with van der Waals surface area (Å²) >= 11 is 1.48. The second-order valence-corrected chi connectivity index (χ2v) is 3.56. The molecule has 1 N–H and O–H groups in total. The average Bonchev–Trinajstić information content (AvgIpc) is 2.15. The zero-order chi connectivity index (χ0) is 9.68. The fourth-order valence-electron chi connectivity index (χ4n) is 0.749.